The van der Waals surface area contributed by atoms with Crippen LogP contribution in [0.25, 0.3) is 0 Å². The van der Waals surface area contributed by atoms with Crippen LogP contribution in [0.1, 0.15) is 25.5 Å². The Labute approximate surface area is 159 Å². The first-order valence-electron chi connectivity index (χ1n) is 8.62. The molecule has 0 unspecified atom stereocenters. The van der Waals surface area contributed by atoms with Crippen LogP contribution in [0.2, 0.25) is 0 Å². The number of rotatable bonds is 5. The van der Waals surface area contributed by atoms with Crippen molar-refractivity contribution in [3.63, 3.8) is 0 Å². The summed E-state index contributed by atoms with van der Waals surface area (Å²) in [6.45, 7) is 3.82. The van der Waals surface area contributed by atoms with Gasteiger partial charge in [-0.15, -0.1) is 0 Å². The molecule has 1 saturated heterocycles. The number of nitrogens with zero attached hydrogens (tertiary/aromatic N) is 1. The maximum atomic E-state index is 12.7. The van der Waals surface area contributed by atoms with Crippen LogP contribution in [-0.2, 0) is 16.6 Å². The second-order valence-corrected chi connectivity index (χ2v) is 8.84. The summed E-state index contributed by atoms with van der Waals surface area (Å²) in [7, 11) is -3.43. The molecule has 2 heterocycles. The van der Waals surface area contributed by atoms with E-state index in [-0.39, 0.29) is 0 Å². The van der Waals surface area contributed by atoms with Crippen LogP contribution >= 0.6 is 12.2 Å². The predicted molar refractivity (Wildman–Crippen MR) is 105 cm³/mol. The van der Waals surface area contributed by atoms with Gasteiger partial charge >= 0.3 is 0 Å². The molecule has 0 spiro atoms. The van der Waals surface area contributed by atoms with Crippen LogP contribution < -0.4 is 10.6 Å². The molecule has 1 aromatic carbocycles. The number of benzene rings is 1. The lowest BCUT2D eigenvalue weighted by molar-refractivity contribution is 0.288. The summed E-state index contributed by atoms with van der Waals surface area (Å²) < 4.78 is 32.2. The van der Waals surface area contributed by atoms with E-state index in [1.165, 1.54) is 0 Å². The van der Waals surface area contributed by atoms with Crippen LogP contribution in [-0.4, -0.2) is 30.9 Å². The van der Waals surface area contributed by atoms with E-state index in [0.717, 1.165) is 24.3 Å². The molecular weight excluding hydrogens is 370 g/mol. The van der Waals surface area contributed by atoms with Crippen molar-refractivity contribution in [3.8, 4) is 0 Å². The summed E-state index contributed by atoms with van der Waals surface area (Å²) in [4.78, 5) is 0.312. The van der Waals surface area contributed by atoms with Gasteiger partial charge in [-0.25, -0.2) is 8.42 Å². The Morgan fingerprint density at radius 3 is 2.54 bits per heavy atom. The first kappa shape index (κ1) is 18.9. The molecule has 140 valence electrons. The topological polar surface area (TPSA) is 74.6 Å². The van der Waals surface area contributed by atoms with Crippen molar-refractivity contribution >= 4 is 33.0 Å². The average molecular weight is 394 g/mol. The van der Waals surface area contributed by atoms with E-state index in [0.29, 0.717) is 35.6 Å². The van der Waals surface area contributed by atoms with E-state index in [1.54, 1.807) is 34.8 Å². The van der Waals surface area contributed by atoms with Crippen LogP contribution in [0.15, 0.2) is 52.0 Å². The lowest BCUT2D eigenvalue weighted by Gasteiger charge is -2.29. The Bertz CT molecular complexity index is 825. The monoisotopic (exact) mass is 393 g/mol. The number of anilines is 1. The highest BCUT2D eigenvalue weighted by Crippen LogP contribution is 2.24. The van der Waals surface area contributed by atoms with Gasteiger partial charge in [0.2, 0.25) is 10.0 Å². The normalized spacial score (nSPS) is 16.3. The van der Waals surface area contributed by atoms with Crippen LogP contribution in [0, 0.1) is 5.92 Å². The van der Waals surface area contributed by atoms with Crippen LogP contribution in [0.4, 0.5) is 5.69 Å². The van der Waals surface area contributed by atoms with Gasteiger partial charge in [-0.2, -0.15) is 4.31 Å². The Hall–Kier alpha value is -1.90. The molecule has 0 saturated carbocycles. The van der Waals surface area contributed by atoms with Gasteiger partial charge in [-0.1, -0.05) is 6.92 Å². The second-order valence-electron chi connectivity index (χ2n) is 6.50. The van der Waals surface area contributed by atoms with Gasteiger partial charge in [0.25, 0.3) is 0 Å². The quantitative estimate of drug-likeness (QED) is 0.760. The molecule has 1 aliphatic heterocycles. The number of nitrogens with one attached hydrogen (secondary N) is 2. The number of sulfonamides is 1. The van der Waals surface area contributed by atoms with E-state index < -0.39 is 10.0 Å². The Balaban J connectivity index is 1.58. The fraction of sp³-hybridized carbons (Fsp3) is 0.389. The maximum absolute atomic E-state index is 12.7. The Kier molecular flexibility index (Phi) is 5.95. The average Bonchev–Trinajstić information content (AvgIpc) is 3.14. The minimum atomic E-state index is -3.43. The highest BCUT2D eigenvalue weighted by atomic mass is 32.2. The molecule has 2 aromatic rings. The number of hydrogen-bond acceptors (Lipinski definition) is 4. The number of hydrogen-bond donors (Lipinski definition) is 2. The fourth-order valence-corrected chi connectivity index (χ4v) is 4.50. The van der Waals surface area contributed by atoms with E-state index in [9.17, 15) is 8.42 Å². The van der Waals surface area contributed by atoms with Crippen LogP contribution in [0.3, 0.4) is 0 Å². The summed E-state index contributed by atoms with van der Waals surface area (Å²) in [5, 5.41) is 6.52. The van der Waals surface area contributed by atoms with E-state index in [2.05, 4.69) is 17.6 Å². The van der Waals surface area contributed by atoms with Crippen LogP contribution in [0.5, 0.6) is 0 Å². The molecule has 1 aromatic heterocycles. The van der Waals surface area contributed by atoms with Gasteiger partial charge in [0.15, 0.2) is 5.11 Å². The van der Waals surface area contributed by atoms with E-state index in [4.69, 9.17) is 16.6 Å². The number of thiocarbonyl (C=S) groups is 1. The summed E-state index contributed by atoms with van der Waals surface area (Å²) >= 11 is 5.24. The zero-order valence-electron chi connectivity index (χ0n) is 14.6. The SMILES string of the molecule is CC1CCN(S(=O)(=O)c2ccc(NC(=S)NCc3ccco3)cc2)CC1. The van der Waals surface area contributed by atoms with Crippen molar-refractivity contribution in [1.82, 2.24) is 9.62 Å². The molecule has 2 N–H and O–H groups in total. The first-order chi connectivity index (χ1) is 12.4. The van der Waals surface area contributed by atoms with Crippen molar-refractivity contribution < 1.29 is 12.8 Å². The first-order valence-corrected chi connectivity index (χ1v) is 10.5. The fourth-order valence-electron chi connectivity index (χ4n) is 2.84. The zero-order chi connectivity index (χ0) is 18.6. The highest BCUT2D eigenvalue weighted by molar-refractivity contribution is 7.89. The molecule has 26 heavy (non-hydrogen) atoms. The minimum Gasteiger partial charge on any atom is -0.467 e. The summed E-state index contributed by atoms with van der Waals surface area (Å²) in [6.07, 6.45) is 3.43. The van der Waals surface area contributed by atoms with Gasteiger partial charge in [0, 0.05) is 18.8 Å². The number of piperidine rings is 1. The van der Waals surface area contributed by atoms with Crippen molar-refractivity contribution in [2.45, 2.75) is 31.2 Å². The molecular formula is C18H23N3O3S2. The molecule has 6 nitrogen and oxygen atoms in total. The summed E-state index contributed by atoms with van der Waals surface area (Å²) in [5.41, 5.74) is 0.730. The molecule has 0 amide bonds. The minimum absolute atomic E-state index is 0.312. The van der Waals surface area contributed by atoms with Gasteiger partial charge in [0.1, 0.15) is 5.76 Å². The molecule has 0 bridgehead atoms. The third kappa shape index (κ3) is 4.63. The van der Waals surface area contributed by atoms with Crippen molar-refractivity contribution in [2.24, 2.45) is 5.92 Å². The molecule has 8 heteroatoms. The molecule has 0 aliphatic carbocycles. The third-order valence-electron chi connectivity index (χ3n) is 4.50. The highest BCUT2D eigenvalue weighted by Gasteiger charge is 2.27. The lowest BCUT2D eigenvalue weighted by Crippen LogP contribution is -2.37. The zero-order valence-corrected chi connectivity index (χ0v) is 16.3. The molecule has 0 atom stereocenters. The van der Waals surface area contributed by atoms with E-state index >= 15 is 0 Å². The van der Waals surface area contributed by atoms with Crippen molar-refractivity contribution in [3.05, 3.63) is 48.4 Å². The molecule has 0 radical (unpaired) electrons. The van der Waals surface area contributed by atoms with Gasteiger partial charge in [0.05, 0.1) is 17.7 Å². The van der Waals surface area contributed by atoms with Crippen molar-refractivity contribution in [2.75, 3.05) is 18.4 Å². The maximum Gasteiger partial charge on any atom is 0.243 e. The van der Waals surface area contributed by atoms with Gasteiger partial charge < -0.3 is 15.1 Å². The van der Waals surface area contributed by atoms with E-state index in [1.807, 2.05) is 12.1 Å². The Morgan fingerprint density at radius 2 is 1.92 bits per heavy atom. The third-order valence-corrected chi connectivity index (χ3v) is 6.66. The number of furan rings is 1. The molecule has 1 aliphatic rings. The summed E-state index contributed by atoms with van der Waals surface area (Å²) in [6, 6.07) is 10.3. The van der Waals surface area contributed by atoms with Gasteiger partial charge in [-0.05, 0) is 67.4 Å². The second kappa shape index (κ2) is 8.20. The standard InChI is InChI=1S/C18H23N3O3S2/c1-14-8-10-21(11-9-14)26(22,23)17-6-4-15(5-7-17)20-18(25)19-13-16-3-2-12-24-16/h2-7,12,14H,8-11,13H2,1H3,(H2,19,20,25). The lowest BCUT2D eigenvalue weighted by atomic mass is 10.0. The van der Waals surface area contributed by atoms with Crippen molar-refractivity contribution in [1.29, 1.82) is 0 Å². The predicted octanol–water partition coefficient (Wildman–Crippen LogP) is 3.19. The Morgan fingerprint density at radius 1 is 1.23 bits per heavy atom. The smallest absolute Gasteiger partial charge is 0.243 e. The largest absolute Gasteiger partial charge is 0.467 e. The summed E-state index contributed by atoms with van der Waals surface area (Å²) in [5.74, 6) is 1.37. The molecule has 1 fully saturated rings. The van der Waals surface area contributed by atoms with Gasteiger partial charge in [-0.3, -0.25) is 0 Å². The molecule has 3 rings (SSSR count).